The number of fused-ring (bicyclic) bond motifs is 1. The Kier molecular flexibility index (Phi) is 7.69. The second kappa shape index (κ2) is 10.3. The lowest BCUT2D eigenvalue weighted by atomic mass is 10.1. The van der Waals surface area contributed by atoms with Crippen LogP contribution < -0.4 is 5.32 Å². The van der Waals surface area contributed by atoms with Crippen LogP contribution in [0.5, 0.6) is 0 Å². The summed E-state index contributed by atoms with van der Waals surface area (Å²) in [6.07, 6.45) is 1.62. The molecule has 1 aromatic heterocycles. The van der Waals surface area contributed by atoms with Gasteiger partial charge in [-0.2, -0.15) is 4.31 Å². The molecule has 3 rings (SSSR count). The molecule has 0 bridgehead atoms. The van der Waals surface area contributed by atoms with Crippen LogP contribution in [0.1, 0.15) is 45.5 Å². The van der Waals surface area contributed by atoms with Crippen molar-refractivity contribution in [3.63, 3.8) is 0 Å². The Morgan fingerprint density at radius 1 is 1.06 bits per heavy atom. The molecule has 0 fully saturated rings. The number of nitrogens with one attached hydrogen (secondary N) is 1. The highest BCUT2D eigenvalue weighted by molar-refractivity contribution is 7.89. The number of benzene rings is 2. The number of hydrogen-bond acceptors (Lipinski definition) is 4. The molecule has 0 radical (unpaired) electrons. The average molecular weight is 457 g/mol. The van der Waals surface area contributed by atoms with Gasteiger partial charge in [0, 0.05) is 38.2 Å². The highest BCUT2D eigenvalue weighted by Gasteiger charge is 2.23. The first kappa shape index (κ1) is 23.9. The van der Waals surface area contributed by atoms with Crippen molar-refractivity contribution in [3.05, 3.63) is 53.9 Å². The van der Waals surface area contributed by atoms with Crippen LogP contribution in [0.3, 0.4) is 0 Å². The van der Waals surface area contributed by atoms with Gasteiger partial charge in [-0.1, -0.05) is 39.0 Å². The Morgan fingerprint density at radius 2 is 1.78 bits per heavy atom. The predicted molar refractivity (Wildman–Crippen MR) is 128 cm³/mol. The zero-order valence-electron chi connectivity index (χ0n) is 19.3. The van der Waals surface area contributed by atoms with Gasteiger partial charge in [-0.05, 0) is 43.2 Å². The number of sulfonamides is 1. The second-order valence-electron chi connectivity index (χ2n) is 7.57. The molecule has 0 aliphatic rings. The van der Waals surface area contributed by atoms with E-state index >= 15 is 0 Å². The van der Waals surface area contributed by atoms with Crippen molar-refractivity contribution in [2.45, 2.75) is 58.4 Å². The minimum atomic E-state index is -3.55. The fraction of sp³-hybridized carbons (Fsp3) is 0.417. The summed E-state index contributed by atoms with van der Waals surface area (Å²) in [4.78, 5) is 17.5. The minimum absolute atomic E-state index is 0.0644. The number of carbonyl (C=O) groups is 1. The summed E-state index contributed by atoms with van der Waals surface area (Å²) in [5.41, 5.74) is 3.45. The lowest BCUT2D eigenvalue weighted by Crippen LogP contribution is -2.30. The normalized spacial score (nSPS) is 11.9. The third-order valence-corrected chi connectivity index (χ3v) is 7.75. The van der Waals surface area contributed by atoms with Crippen LogP contribution in [-0.2, 0) is 34.2 Å². The van der Waals surface area contributed by atoms with Crippen LogP contribution in [0.25, 0.3) is 11.0 Å². The Morgan fingerprint density at radius 3 is 2.44 bits per heavy atom. The average Bonchev–Trinajstić information content (AvgIpc) is 3.15. The highest BCUT2D eigenvalue weighted by atomic mass is 32.2. The van der Waals surface area contributed by atoms with E-state index in [1.807, 2.05) is 55.7 Å². The molecule has 0 aliphatic carbocycles. The number of nitrogens with zero attached hydrogens (tertiary/aromatic N) is 3. The molecule has 3 aromatic rings. The third-order valence-electron chi connectivity index (χ3n) is 5.71. The van der Waals surface area contributed by atoms with Crippen molar-refractivity contribution in [3.8, 4) is 0 Å². The number of imidazole rings is 1. The maximum absolute atomic E-state index is 12.9. The van der Waals surface area contributed by atoms with Crippen LogP contribution in [0, 0.1) is 0 Å². The van der Waals surface area contributed by atoms with Crippen LogP contribution in [-0.4, -0.2) is 41.3 Å². The summed E-state index contributed by atoms with van der Waals surface area (Å²) in [6.45, 7) is 9.25. The van der Waals surface area contributed by atoms with Gasteiger partial charge in [0.1, 0.15) is 5.82 Å². The Bertz CT molecular complexity index is 1200. The molecular weight excluding hydrogens is 424 g/mol. The first-order chi connectivity index (χ1) is 15.3. The molecule has 0 aliphatic heterocycles. The van der Waals surface area contributed by atoms with Crippen molar-refractivity contribution in [2.75, 3.05) is 18.4 Å². The van der Waals surface area contributed by atoms with E-state index in [-0.39, 0.29) is 10.8 Å². The quantitative estimate of drug-likeness (QED) is 0.495. The molecule has 0 atom stereocenters. The molecule has 172 valence electrons. The van der Waals surface area contributed by atoms with Gasteiger partial charge >= 0.3 is 0 Å². The summed E-state index contributed by atoms with van der Waals surface area (Å²) in [6, 6.07) is 12.9. The van der Waals surface area contributed by atoms with E-state index in [1.165, 1.54) is 4.31 Å². The van der Waals surface area contributed by atoms with Crippen molar-refractivity contribution in [2.24, 2.45) is 0 Å². The molecule has 8 heteroatoms. The van der Waals surface area contributed by atoms with E-state index in [2.05, 4.69) is 17.2 Å². The fourth-order valence-corrected chi connectivity index (χ4v) is 5.44. The molecule has 0 spiro atoms. The molecule has 7 nitrogen and oxygen atoms in total. The van der Waals surface area contributed by atoms with Gasteiger partial charge < -0.3 is 9.88 Å². The molecule has 0 unspecified atom stereocenters. The summed E-state index contributed by atoms with van der Waals surface area (Å²) in [5.74, 6) is 0.712. The Hall–Kier alpha value is -2.71. The van der Waals surface area contributed by atoms with Gasteiger partial charge in [-0.3, -0.25) is 4.79 Å². The number of anilines is 1. The van der Waals surface area contributed by atoms with Crippen LogP contribution in [0.15, 0.2) is 47.4 Å². The first-order valence-electron chi connectivity index (χ1n) is 11.2. The second-order valence-corrected chi connectivity index (χ2v) is 9.51. The number of para-hydroxylation sites is 1. The number of aryl methyl sites for hydroxylation is 3. The summed E-state index contributed by atoms with van der Waals surface area (Å²) < 4.78 is 29.2. The van der Waals surface area contributed by atoms with E-state index in [0.29, 0.717) is 38.0 Å². The van der Waals surface area contributed by atoms with Gasteiger partial charge in [0.25, 0.3) is 0 Å². The SMILES string of the molecule is CCc1ccccc1NC(=O)CCc1nc2cc(S(=O)(=O)N(CC)CC)ccc2n1CC. The molecule has 32 heavy (non-hydrogen) atoms. The summed E-state index contributed by atoms with van der Waals surface area (Å²) in [7, 11) is -3.55. The monoisotopic (exact) mass is 456 g/mol. The van der Waals surface area contributed by atoms with E-state index in [0.717, 1.165) is 29.0 Å². The number of hydrogen-bond donors (Lipinski definition) is 1. The fourth-order valence-electron chi connectivity index (χ4n) is 3.96. The van der Waals surface area contributed by atoms with Crippen LogP contribution >= 0.6 is 0 Å². The number of carbonyl (C=O) groups excluding carboxylic acids is 1. The lowest BCUT2D eigenvalue weighted by Gasteiger charge is -2.18. The first-order valence-corrected chi connectivity index (χ1v) is 12.7. The molecule has 2 aromatic carbocycles. The standard InChI is InChI=1S/C24H32N4O3S/c1-5-18-11-9-10-12-20(18)26-24(29)16-15-23-25-21-17-19(13-14-22(21)28(23)8-4)32(30,31)27(6-2)7-3/h9-14,17H,5-8,15-16H2,1-4H3,(H,26,29). The largest absolute Gasteiger partial charge is 0.328 e. The van der Waals surface area contributed by atoms with E-state index in [9.17, 15) is 13.2 Å². The van der Waals surface area contributed by atoms with Gasteiger partial charge in [0.05, 0.1) is 15.9 Å². The van der Waals surface area contributed by atoms with Crippen molar-refractivity contribution < 1.29 is 13.2 Å². The van der Waals surface area contributed by atoms with E-state index in [1.54, 1.807) is 12.1 Å². The Balaban J connectivity index is 1.82. The number of aromatic nitrogens is 2. The number of amides is 1. The minimum Gasteiger partial charge on any atom is -0.328 e. The zero-order valence-corrected chi connectivity index (χ0v) is 20.1. The van der Waals surface area contributed by atoms with Gasteiger partial charge in [-0.25, -0.2) is 13.4 Å². The van der Waals surface area contributed by atoms with Crippen molar-refractivity contribution in [1.82, 2.24) is 13.9 Å². The van der Waals surface area contributed by atoms with Crippen LogP contribution in [0.2, 0.25) is 0 Å². The van der Waals surface area contributed by atoms with Gasteiger partial charge in [0.15, 0.2) is 0 Å². The molecular formula is C24H32N4O3S. The Labute approximate surface area is 190 Å². The van der Waals surface area contributed by atoms with E-state index in [4.69, 9.17) is 0 Å². The predicted octanol–water partition coefficient (Wildman–Crippen LogP) is 4.22. The van der Waals surface area contributed by atoms with Crippen molar-refractivity contribution in [1.29, 1.82) is 0 Å². The topological polar surface area (TPSA) is 84.3 Å². The van der Waals surface area contributed by atoms with Crippen molar-refractivity contribution >= 4 is 32.7 Å². The maximum Gasteiger partial charge on any atom is 0.243 e. The molecule has 1 N–H and O–H groups in total. The number of rotatable bonds is 10. The maximum atomic E-state index is 12.9. The zero-order chi connectivity index (χ0) is 23.3. The smallest absolute Gasteiger partial charge is 0.243 e. The highest BCUT2D eigenvalue weighted by Crippen LogP contribution is 2.24. The third kappa shape index (κ3) is 4.86. The van der Waals surface area contributed by atoms with Gasteiger partial charge in [-0.15, -0.1) is 0 Å². The molecule has 1 amide bonds. The van der Waals surface area contributed by atoms with Crippen LogP contribution in [0.4, 0.5) is 5.69 Å². The summed E-state index contributed by atoms with van der Waals surface area (Å²) in [5, 5.41) is 3.00. The molecule has 0 saturated carbocycles. The summed E-state index contributed by atoms with van der Waals surface area (Å²) >= 11 is 0. The van der Waals surface area contributed by atoms with Gasteiger partial charge in [0.2, 0.25) is 15.9 Å². The molecule has 0 saturated heterocycles. The lowest BCUT2D eigenvalue weighted by molar-refractivity contribution is -0.116. The molecule has 1 heterocycles. The van der Waals surface area contributed by atoms with E-state index < -0.39 is 10.0 Å².